The zero-order valence-corrected chi connectivity index (χ0v) is 12.8. The van der Waals surface area contributed by atoms with Crippen LogP contribution in [0.4, 0.5) is 0 Å². The van der Waals surface area contributed by atoms with E-state index in [1.807, 2.05) is 40.2 Å². The zero-order chi connectivity index (χ0) is 14.6. The molecule has 3 N–H and O–H groups in total. The fourth-order valence-corrected chi connectivity index (χ4v) is 1.90. The third-order valence-corrected chi connectivity index (χ3v) is 3.47. The number of hydrazine groups is 1. The molecule has 0 fully saturated rings. The molecule has 0 radical (unpaired) electrons. The van der Waals surface area contributed by atoms with Crippen LogP contribution in [0.15, 0.2) is 18.5 Å². The first-order chi connectivity index (χ1) is 8.78. The van der Waals surface area contributed by atoms with Crippen LogP contribution in [0.25, 0.3) is 0 Å². The lowest BCUT2D eigenvalue weighted by Crippen LogP contribution is -2.51. The van der Waals surface area contributed by atoms with Crippen molar-refractivity contribution in [2.45, 2.75) is 45.4 Å². The molecule has 1 rings (SSSR count). The SMILES string of the molecule is CC(C)Oc1cncc(C(NN)C(C)(C)N(C)C)c1. The highest BCUT2D eigenvalue weighted by Crippen LogP contribution is 2.30. The number of rotatable bonds is 6. The number of pyridine rings is 1. The Labute approximate surface area is 116 Å². The van der Waals surface area contributed by atoms with E-state index >= 15 is 0 Å². The van der Waals surface area contributed by atoms with Crippen molar-refractivity contribution in [1.82, 2.24) is 15.3 Å². The first-order valence-corrected chi connectivity index (χ1v) is 6.54. The van der Waals surface area contributed by atoms with Crippen LogP contribution < -0.4 is 16.0 Å². The van der Waals surface area contributed by atoms with Gasteiger partial charge in [-0.1, -0.05) is 0 Å². The van der Waals surface area contributed by atoms with E-state index in [0.29, 0.717) is 0 Å². The molecule has 1 aromatic heterocycles. The molecular weight excluding hydrogens is 240 g/mol. The van der Waals surface area contributed by atoms with Gasteiger partial charge in [0, 0.05) is 11.7 Å². The van der Waals surface area contributed by atoms with Crippen LogP contribution in [-0.4, -0.2) is 35.6 Å². The summed E-state index contributed by atoms with van der Waals surface area (Å²) in [6, 6.07) is 1.95. The summed E-state index contributed by atoms with van der Waals surface area (Å²) >= 11 is 0. The normalized spacial score (nSPS) is 13.9. The third-order valence-electron chi connectivity index (χ3n) is 3.47. The minimum Gasteiger partial charge on any atom is -0.489 e. The van der Waals surface area contributed by atoms with E-state index in [-0.39, 0.29) is 17.7 Å². The van der Waals surface area contributed by atoms with Gasteiger partial charge >= 0.3 is 0 Å². The molecule has 1 atom stereocenters. The Morgan fingerprint density at radius 1 is 1.32 bits per heavy atom. The van der Waals surface area contributed by atoms with Crippen molar-refractivity contribution in [2.75, 3.05) is 14.1 Å². The highest BCUT2D eigenvalue weighted by atomic mass is 16.5. The van der Waals surface area contributed by atoms with Crippen molar-refractivity contribution in [1.29, 1.82) is 0 Å². The van der Waals surface area contributed by atoms with Crippen molar-refractivity contribution in [2.24, 2.45) is 5.84 Å². The summed E-state index contributed by atoms with van der Waals surface area (Å²) in [5, 5.41) is 0. The molecule has 19 heavy (non-hydrogen) atoms. The number of likely N-dealkylation sites (N-methyl/N-ethyl adjacent to an activating group) is 1. The smallest absolute Gasteiger partial charge is 0.138 e. The number of nitrogens with two attached hydrogens (primary N) is 1. The number of ether oxygens (including phenoxy) is 1. The summed E-state index contributed by atoms with van der Waals surface area (Å²) in [6.07, 6.45) is 3.67. The quantitative estimate of drug-likeness (QED) is 0.606. The molecule has 1 unspecified atom stereocenters. The fraction of sp³-hybridized carbons (Fsp3) is 0.643. The Kier molecular flexibility index (Phi) is 5.29. The Bertz CT molecular complexity index is 404. The largest absolute Gasteiger partial charge is 0.489 e. The van der Waals surface area contributed by atoms with Gasteiger partial charge in [-0.3, -0.25) is 16.3 Å². The van der Waals surface area contributed by atoms with Crippen LogP contribution >= 0.6 is 0 Å². The molecule has 0 aliphatic rings. The highest BCUT2D eigenvalue weighted by molar-refractivity contribution is 5.28. The number of nitrogens with zero attached hydrogens (tertiary/aromatic N) is 2. The zero-order valence-electron chi connectivity index (χ0n) is 12.8. The number of aromatic nitrogens is 1. The Morgan fingerprint density at radius 2 is 1.95 bits per heavy atom. The molecular formula is C14H26N4O. The van der Waals surface area contributed by atoms with Crippen molar-refractivity contribution in [3.8, 4) is 5.75 Å². The Morgan fingerprint density at radius 3 is 2.42 bits per heavy atom. The van der Waals surface area contributed by atoms with Crippen molar-refractivity contribution in [3.63, 3.8) is 0 Å². The summed E-state index contributed by atoms with van der Waals surface area (Å²) in [5.74, 6) is 6.50. The average molecular weight is 266 g/mol. The van der Waals surface area contributed by atoms with E-state index in [1.54, 1.807) is 6.20 Å². The summed E-state index contributed by atoms with van der Waals surface area (Å²) in [6.45, 7) is 8.26. The van der Waals surface area contributed by atoms with Gasteiger partial charge in [0.2, 0.25) is 0 Å². The summed E-state index contributed by atoms with van der Waals surface area (Å²) < 4.78 is 5.68. The van der Waals surface area contributed by atoms with Crippen LogP contribution in [0.1, 0.15) is 39.3 Å². The highest BCUT2D eigenvalue weighted by Gasteiger charge is 2.32. The second kappa shape index (κ2) is 6.32. The molecule has 5 nitrogen and oxygen atoms in total. The number of hydrogen-bond acceptors (Lipinski definition) is 5. The van der Waals surface area contributed by atoms with Gasteiger partial charge in [0.05, 0.1) is 18.3 Å². The molecule has 0 saturated carbocycles. The molecule has 0 aromatic carbocycles. The predicted molar refractivity (Wildman–Crippen MR) is 77.8 cm³/mol. The molecule has 0 aliphatic carbocycles. The van der Waals surface area contributed by atoms with Crippen LogP contribution in [0, 0.1) is 0 Å². The molecule has 0 aliphatic heterocycles. The minimum absolute atomic E-state index is 0.0364. The molecule has 0 saturated heterocycles. The van der Waals surface area contributed by atoms with E-state index in [4.69, 9.17) is 10.6 Å². The van der Waals surface area contributed by atoms with Gasteiger partial charge in [-0.15, -0.1) is 0 Å². The minimum atomic E-state index is -0.146. The second-order valence-electron chi connectivity index (χ2n) is 5.77. The van der Waals surface area contributed by atoms with Crippen LogP contribution in [0.3, 0.4) is 0 Å². The molecule has 108 valence electrons. The van der Waals surface area contributed by atoms with E-state index in [1.165, 1.54) is 0 Å². The first kappa shape index (κ1) is 15.9. The molecule has 0 spiro atoms. The van der Waals surface area contributed by atoms with Gasteiger partial charge in [-0.05, 0) is 53.4 Å². The van der Waals surface area contributed by atoms with Crippen molar-refractivity contribution in [3.05, 3.63) is 24.0 Å². The maximum Gasteiger partial charge on any atom is 0.138 e. The fourth-order valence-electron chi connectivity index (χ4n) is 1.90. The average Bonchev–Trinajstić information content (AvgIpc) is 2.28. The Hall–Kier alpha value is -1.17. The lowest BCUT2D eigenvalue weighted by Gasteiger charge is -2.39. The predicted octanol–water partition coefficient (Wildman–Crippen LogP) is 1.71. The maximum absolute atomic E-state index is 5.73. The van der Waals surface area contributed by atoms with Crippen molar-refractivity contribution >= 4 is 0 Å². The van der Waals surface area contributed by atoms with Gasteiger partial charge in [0.25, 0.3) is 0 Å². The monoisotopic (exact) mass is 266 g/mol. The van der Waals surface area contributed by atoms with Gasteiger partial charge in [-0.2, -0.15) is 0 Å². The Balaban J connectivity index is 3.05. The maximum atomic E-state index is 5.73. The van der Waals surface area contributed by atoms with Crippen molar-refractivity contribution < 1.29 is 4.74 Å². The van der Waals surface area contributed by atoms with Crippen LogP contribution in [-0.2, 0) is 0 Å². The van der Waals surface area contributed by atoms with Gasteiger partial charge in [-0.25, -0.2) is 0 Å². The summed E-state index contributed by atoms with van der Waals surface area (Å²) in [4.78, 5) is 6.37. The topological polar surface area (TPSA) is 63.4 Å². The summed E-state index contributed by atoms with van der Waals surface area (Å²) in [7, 11) is 4.07. The van der Waals surface area contributed by atoms with E-state index < -0.39 is 0 Å². The lowest BCUT2D eigenvalue weighted by atomic mass is 9.89. The first-order valence-electron chi connectivity index (χ1n) is 6.54. The second-order valence-corrected chi connectivity index (χ2v) is 5.77. The number of nitrogens with one attached hydrogen (secondary N) is 1. The van der Waals surface area contributed by atoms with Crippen LogP contribution in [0.5, 0.6) is 5.75 Å². The van der Waals surface area contributed by atoms with E-state index in [2.05, 4.69) is 29.2 Å². The number of hydrogen-bond donors (Lipinski definition) is 2. The van der Waals surface area contributed by atoms with Gasteiger partial charge < -0.3 is 9.64 Å². The molecule has 1 heterocycles. The van der Waals surface area contributed by atoms with Gasteiger partial charge in [0.1, 0.15) is 5.75 Å². The van der Waals surface area contributed by atoms with Gasteiger partial charge in [0.15, 0.2) is 0 Å². The molecule has 5 heteroatoms. The standard InChI is InChI=1S/C14H26N4O/c1-10(2)19-12-7-11(8-16-9-12)13(17-15)14(3,4)18(5)6/h7-10,13,17H,15H2,1-6H3. The van der Waals surface area contributed by atoms with E-state index in [0.717, 1.165) is 11.3 Å². The molecule has 1 aromatic rings. The molecule has 0 bridgehead atoms. The third kappa shape index (κ3) is 3.89. The van der Waals surface area contributed by atoms with Crippen LogP contribution in [0.2, 0.25) is 0 Å². The molecule has 0 amide bonds. The lowest BCUT2D eigenvalue weighted by molar-refractivity contribution is 0.137. The van der Waals surface area contributed by atoms with E-state index in [9.17, 15) is 0 Å². The summed E-state index contributed by atoms with van der Waals surface area (Å²) in [5.41, 5.74) is 3.75.